The van der Waals surface area contributed by atoms with Gasteiger partial charge >= 0.3 is 0 Å². The summed E-state index contributed by atoms with van der Waals surface area (Å²) < 4.78 is 15.3. The average Bonchev–Trinajstić information content (AvgIpc) is 3.36. The number of amides is 3. The van der Waals surface area contributed by atoms with E-state index in [1.54, 1.807) is 30.3 Å². The van der Waals surface area contributed by atoms with Crippen molar-refractivity contribution in [2.24, 2.45) is 5.92 Å². The lowest BCUT2D eigenvalue weighted by Gasteiger charge is -2.17. The molecule has 2 heterocycles. The monoisotopic (exact) mass is 423 g/mol. The van der Waals surface area contributed by atoms with Crippen LogP contribution in [0.2, 0.25) is 0 Å². The first-order valence-electron chi connectivity index (χ1n) is 9.43. The number of carbonyl (C=O) groups is 3. The van der Waals surface area contributed by atoms with Crippen LogP contribution < -0.4 is 15.8 Å². The minimum absolute atomic E-state index is 0.0185. The van der Waals surface area contributed by atoms with Gasteiger partial charge in [-0.2, -0.15) is 5.10 Å². The van der Waals surface area contributed by atoms with E-state index in [9.17, 15) is 23.9 Å². The van der Waals surface area contributed by atoms with Crippen LogP contribution in [0.1, 0.15) is 16.9 Å². The number of carbonyl (C=O) groups excluding carboxylic acids is 3. The van der Waals surface area contributed by atoms with Gasteiger partial charge in [-0.3, -0.25) is 25.2 Å². The summed E-state index contributed by atoms with van der Waals surface area (Å²) in [5.74, 6) is -3.52. The van der Waals surface area contributed by atoms with Crippen LogP contribution in [-0.4, -0.2) is 39.2 Å². The van der Waals surface area contributed by atoms with Crippen molar-refractivity contribution in [1.29, 1.82) is 0 Å². The standard InChI is InChI=1S/C21H18FN5O4/c22-15-8-4-5-9-16(15)26-11-13(10-18(26)29)20(30)23-24-21(31)19-17(28)12-27(25-19)14-6-2-1-3-7-14/h1-9,12-13,28H,10-11H2,(H,23,30)(H,24,31). The van der Waals surface area contributed by atoms with Crippen LogP contribution in [0.4, 0.5) is 10.1 Å². The zero-order valence-electron chi connectivity index (χ0n) is 16.2. The summed E-state index contributed by atoms with van der Waals surface area (Å²) in [5, 5.41) is 14.0. The molecule has 31 heavy (non-hydrogen) atoms. The Labute approximate surface area is 176 Å². The van der Waals surface area contributed by atoms with Gasteiger partial charge in [-0.15, -0.1) is 0 Å². The normalized spacial score (nSPS) is 15.7. The van der Waals surface area contributed by atoms with E-state index in [4.69, 9.17) is 0 Å². The molecule has 9 nitrogen and oxygen atoms in total. The van der Waals surface area contributed by atoms with E-state index in [2.05, 4.69) is 16.0 Å². The zero-order valence-corrected chi connectivity index (χ0v) is 16.2. The van der Waals surface area contributed by atoms with Crippen molar-refractivity contribution in [2.45, 2.75) is 6.42 Å². The number of halogens is 1. The van der Waals surface area contributed by atoms with Crippen LogP contribution in [0.15, 0.2) is 60.8 Å². The molecule has 1 saturated heterocycles. The van der Waals surface area contributed by atoms with Gasteiger partial charge in [0.25, 0.3) is 5.91 Å². The Kier molecular flexibility index (Phi) is 5.35. The van der Waals surface area contributed by atoms with Crippen LogP contribution in [0.5, 0.6) is 5.75 Å². The molecule has 3 N–H and O–H groups in total. The van der Waals surface area contributed by atoms with E-state index in [0.717, 1.165) is 0 Å². The van der Waals surface area contributed by atoms with Crippen LogP contribution in [0, 0.1) is 11.7 Å². The molecule has 0 saturated carbocycles. The van der Waals surface area contributed by atoms with Crippen molar-refractivity contribution in [3.63, 3.8) is 0 Å². The van der Waals surface area contributed by atoms with Gasteiger partial charge in [0.1, 0.15) is 5.82 Å². The maximum atomic E-state index is 14.0. The highest BCUT2D eigenvalue weighted by atomic mass is 19.1. The van der Waals surface area contributed by atoms with Crippen molar-refractivity contribution in [1.82, 2.24) is 20.6 Å². The summed E-state index contributed by atoms with van der Waals surface area (Å²) in [5.41, 5.74) is 4.88. The summed E-state index contributed by atoms with van der Waals surface area (Å²) in [6.07, 6.45) is 1.15. The number of nitrogens with one attached hydrogen (secondary N) is 2. The Morgan fingerprint density at radius 3 is 2.52 bits per heavy atom. The quantitative estimate of drug-likeness (QED) is 0.551. The second kappa shape index (κ2) is 8.27. The fraction of sp³-hybridized carbons (Fsp3) is 0.143. The Hall–Kier alpha value is -4.21. The van der Waals surface area contributed by atoms with E-state index < -0.39 is 29.5 Å². The molecule has 0 bridgehead atoms. The second-order valence-corrected chi connectivity index (χ2v) is 6.94. The fourth-order valence-corrected chi connectivity index (χ4v) is 3.31. The smallest absolute Gasteiger partial charge is 0.294 e. The maximum absolute atomic E-state index is 14.0. The number of rotatable bonds is 4. The van der Waals surface area contributed by atoms with Crippen molar-refractivity contribution in [3.05, 3.63) is 72.3 Å². The third-order valence-electron chi connectivity index (χ3n) is 4.87. The molecule has 1 unspecified atom stereocenters. The summed E-state index contributed by atoms with van der Waals surface area (Å²) in [4.78, 5) is 38.2. The highest BCUT2D eigenvalue weighted by Gasteiger charge is 2.36. The number of nitrogens with zero attached hydrogens (tertiary/aromatic N) is 3. The molecule has 2 aromatic carbocycles. The highest BCUT2D eigenvalue weighted by molar-refractivity contribution is 6.01. The molecule has 1 aliphatic rings. The lowest BCUT2D eigenvalue weighted by Crippen LogP contribution is -2.45. The summed E-state index contributed by atoms with van der Waals surface area (Å²) >= 11 is 0. The first-order valence-corrected chi connectivity index (χ1v) is 9.43. The van der Waals surface area contributed by atoms with Crippen LogP contribution >= 0.6 is 0 Å². The Balaban J connectivity index is 1.38. The molecule has 10 heteroatoms. The number of anilines is 1. The lowest BCUT2D eigenvalue weighted by molar-refractivity contribution is -0.126. The number of hydrazine groups is 1. The van der Waals surface area contributed by atoms with Gasteiger partial charge in [0.15, 0.2) is 11.4 Å². The first kappa shape index (κ1) is 20.1. The molecule has 0 radical (unpaired) electrons. The number of benzene rings is 2. The van der Waals surface area contributed by atoms with Crippen molar-refractivity contribution < 1.29 is 23.9 Å². The van der Waals surface area contributed by atoms with Gasteiger partial charge in [0.2, 0.25) is 11.8 Å². The van der Waals surface area contributed by atoms with Crippen LogP contribution in [0.25, 0.3) is 5.69 Å². The van der Waals surface area contributed by atoms with Gasteiger partial charge < -0.3 is 10.0 Å². The molecule has 1 aliphatic heterocycles. The summed E-state index contributed by atoms with van der Waals surface area (Å²) in [6.45, 7) is -0.0185. The molecule has 1 aromatic heterocycles. The number of hydrogen-bond acceptors (Lipinski definition) is 5. The average molecular weight is 423 g/mol. The van der Waals surface area contributed by atoms with E-state index in [1.165, 1.54) is 34.0 Å². The first-order chi connectivity index (χ1) is 14.9. The number of hydrogen-bond donors (Lipinski definition) is 3. The lowest BCUT2D eigenvalue weighted by atomic mass is 10.1. The molecule has 0 spiro atoms. The maximum Gasteiger partial charge on any atom is 0.294 e. The van der Waals surface area contributed by atoms with Gasteiger partial charge in [-0.25, -0.2) is 9.07 Å². The van der Waals surface area contributed by atoms with E-state index in [0.29, 0.717) is 5.69 Å². The van der Waals surface area contributed by atoms with Crippen LogP contribution in [-0.2, 0) is 9.59 Å². The van der Waals surface area contributed by atoms with Crippen molar-refractivity contribution in [2.75, 3.05) is 11.4 Å². The number of aromatic hydroxyl groups is 1. The Morgan fingerprint density at radius 1 is 1.06 bits per heavy atom. The molecular weight excluding hydrogens is 405 g/mol. The van der Waals surface area contributed by atoms with E-state index in [1.807, 2.05) is 6.07 Å². The molecular formula is C21H18FN5O4. The highest BCUT2D eigenvalue weighted by Crippen LogP contribution is 2.27. The minimum Gasteiger partial charge on any atom is -0.504 e. The van der Waals surface area contributed by atoms with Crippen molar-refractivity contribution >= 4 is 23.4 Å². The van der Waals surface area contributed by atoms with E-state index in [-0.39, 0.29) is 30.1 Å². The minimum atomic E-state index is -0.823. The molecule has 0 aliphatic carbocycles. The van der Waals surface area contributed by atoms with Crippen molar-refractivity contribution in [3.8, 4) is 11.4 Å². The Bertz CT molecular complexity index is 1150. The molecule has 3 amide bonds. The van der Waals surface area contributed by atoms with Gasteiger partial charge in [-0.1, -0.05) is 30.3 Å². The fourth-order valence-electron chi connectivity index (χ4n) is 3.31. The summed E-state index contributed by atoms with van der Waals surface area (Å²) in [7, 11) is 0. The summed E-state index contributed by atoms with van der Waals surface area (Å²) in [6, 6.07) is 14.7. The largest absolute Gasteiger partial charge is 0.504 e. The topological polar surface area (TPSA) is 117 Å². The molecule has 1 atom stereocenters. The SMILES string of the molecule is O=C(NNC(=O)C1CC(=O)N(c2ccccc2F)C1)c1nn(-c2ccccc2)cc1O. The predicted molar refractivity (Wildman–Crippen MR) is 108 cm³/mol. The van der Waals surface area contributed by atoms with Crippen LogP contribution in [0.3, 0.4) is 0 Å². The zero-order chi connectivity index (χ0) is 22.0. The van der Waals surface area contributed by atoms with E-state index >= 15 is 0 Å². The number of aromatic nitrogens is 2. The van der Waals surface area contributed by atoms with Gasteiger partial charge in [0.05, 0.1) is 23.5 Å². The molecule has 3 aromatic rings. The van der Waals surface area contributed by atoms with Gasteiger partial charge in [-0.05, 0) is 24.3 Å². The third kappa shape index (κ3) is 4.08. The molecule has 1 fully saturated rings. The number of para-hydroxylation sites is 2. The predicted octanol–water partition coefficient (Wildman–Crippen LogP) is 1.53. The molecule has 4 rings (SSSR count). The Morgan fingerprint density at radius 2 is 1.77 bits per heavy atom. The second-order valence-electron chi connectivity index (χ2n) is 6.94. The molecule has 158 valence electrons. The third-order valence-corrected chi connectivity index (χ3v) is 4.87. The van der Waals surface area contributed by atoms with Gasteiger partial charge in [0, 0.05) is 13.0 Å².